The van der Waals surface area contributed by atoms with Crippen LogP contribution in [0.5, 0.6) is 5.75 Å². The van der Waals surface area contributed by atoms with Gasteiger partial charge in [0, 0.05) is 10.4 Å². The van der Waals surface area contributed by atoms with Gasteiger partial charge in [0.2, 0.25) is 5.78 Å². The van der Waals surface area contributed by atoms with E-state index in [0.717, 1.165) is 5.56 Å². The fourth-order valence-corrected chi connectivity index (χ4v) is 2.85. The number of benzene rings is 2. The van der Waals surface area contributed by atoms with Crippen molar-refractivity contribution >= 4 is 34.0 Å². The lowest BCUT2D eigenvalue weighted by molar-refractivity contribution is 0.101. The number of aryl methyl sites for hydroxylation is 1. The van der Waals surface area contributed by atoms with Gasteiger partial charge in [-0.25, -0.2) is 0 Å². The smallest absolute Gasteiger partial charge is 0.234 e. The van der Waals surface area contributed by atoms with Gasteiger partial charge in [0.05, 0.1) is 11.3 Å². The van der Waals surface area contributed by atoms with Crippen LogP contribution in [0.3, 0.4) is 0 Å². The number of furan rings is 1. The summed E-state index contributed by atoms with van der Waals surface area (Å²) in [6.07, 6.45) is 0.671. The van der Waals surface area contributed by atoms with Gasteiger partial charge in [-0.3, -0.25) is 4.79 Å². The van der Waals surface area contributed by atoms with E-state index in [9.17, 15) is 9.90 Å². The number of nitrogen functional groups attached to an aromatic ring is 1. The van der Waals surface area contributed by atoms with Crippen molar-refractivity contribution in [2.45, 2.75) is 13.3 Å². The molecule has 0 bridgehead atoms. The van der Waals surface area contributed by atoms with Gasteiger partial charge < -0.3 is 15.3 Å². The zero-order valence-corrected chi connectivity index (χ0v) is 12.6. The Morgan fingerprint density at radius 1 is 1.27 bits per heavy atom. The maximum atomic E-state index is 12.6. The van der Waals surface area contributed by atoms with Crippen LogP contribution in [0.4, 0.5) is 5.69 Å². The Hall–Kier alpha value is -2.46. The summed E-state index contributed by atoms with van der Waals surface area (Å²) < 4.78 is 5.62. The number of carbonyl (C=O) groups excluding carboxylic acids is 1. The van der Waals surface area contributed by atoms with E-state index in [1.54, 1.807) is 24.3 Å². The van der Waals surface area contributed by atoms with Crippen molar-refractivity contribution in [2.24, 2.45) is 0 Å². The molecule has 0 saturated carbocycles. The number of ketones is 1. The second-order valence-electron chi connectivity index (χ2n) is 4.94. The molecular weight excluding hydrogens is 302 g/mol. The molecule has 5 heteroatoms. The second kappa shape index (κ2) is 5.39. The molecule has 3 rings (SSSR count). The largest absolute Gasteiger partial charge is 0.507 e. The topological polar surface area (TPSA) is 76.5 Å². The first-order valence-electron chi connectivity index (χ1n) is 6.86. The van der Waals surface area contributed by atoms with Crippen molar-refractivity contribution in [3.8, 4) is 5.75 Å². The molecular formula is C17H14ClNO3. The minimum atomic E-state index is -0.454. The summed E-state index contributed by atoms with van der Waals surface area (Å²) in [7, 11) is 0. The molecule has 0 atom stereocenters. The molecule has 2 aromatic carbocycles. The SMILES string of the molecule is CCc1c(Cl)ccc2oc(C(=O)c3ccccc3O)c(N)c12. The molecule has 0 fully saturated rings. The minimum Gasteiger partial charge on any atom is -0.507 e. The third-order valence-corrected chi connectivity index (χ3v) is 4.01. The highest BCUT2D eigenvalue weighted by Crippen LogP contribution is 2.36. The van der Waals surface area contributed by atoms with Gasteiger partial charge in [0.15, 0.2) is 5.76 Å². The van der Waals surface area contributed by atoms with Crippen molar-refractivity contribution < 1.29 is 14.3 Å². The predicted molar refractivity (Wildman–Crippen MR) is 86.6 cm³/mol. The van der Waals surface area contributed by atoms with E-state index in [1.807, 2.05) is 6.92 Å². The molecule has 0 spiro atoms. The number of nitrogens with two attached hydrogens (primary N) is 1. The van der Waals surface area contributed by atoms with Gasteiger partial charge in [-0.2, -0.15) is 0 Å². The number of para-hydroxylation sites is 1. The number of phenolic OH excluding ortho intramolecular Hbond substituents is 1. The first kappa shape index (κ1) is 14.5. The van der Waals surface area contributed by atoms with Crippen LogP contribution < -0.4 is 5.73 Å². The van der Waals surface area contributed by atoms with Crippen LogP contribution in [0.2, 0.25) is 5.02 Å². The number of aromatic hydroxyl groups is 1. The maximum Gasteiger partial charge on any atom is 0.234 e. The van der Waals surface area contributed by atoms with Gasteiger partial charge >= 0.3 is 0 Å². The van der Waals surface area contributed by atoms with Crippen molar-refractivity contribution in [2.75, 3.05) is 5.73 Å². The monoisotopic (exact) mass is 315 g/mol. The zero-order valence-electron chi connectivity index (χ0n) is 11.9. The molecule has 1 heterocycles. The molecule has 22 heavy (non-hydrogen) atoms. The lowest BCUT2D eigenvalue weighted by atomic mass is 10.0. The van der Waals surface area contributed by atoms with Gasteiger partial charge in [-0.15, -0.1) is 0 Å². The van der Waals surface area contributed by atoms with Gasteiger partial charge in [0.25, 0.3) is 0 Å². The Labute approximate surface area is 132 Å². The number of hydrogen-bond acceptors (Lipinski definition) is 4. The van der Waals surface area contributed by atoms with E-state index in [-0.39, 0.29) is 22.8 Å². The number of halogens is 1. The Morgan fingerprint density at radius 3 is 2.68 bits per heavy atom. The van der Waals surface area contributed by atoms with E-state index in [4.69, 9.17) is 21.8 Å². The van der Waals surface area contributed by atoms with E-state index < -0.39 is 5.78 Å². The van der Waals surface area contributed by atoms with Crippen LogP contribution in [-0.2, 0) is 6.42 Å². The van der Waals surface area contributed by atoms with Gasteiger partial charge in [-0.1, -0.05) is 30.7 Å². The molecule has 4 nitrogen and oxygen atoms in total. The summed E-state index contributed by atoms with van der Waals surface area (Å²) in [5, 5.41) is 11.1. The van der Waals surface area contributed by atoms with E-state index >= 15 is 0 Å². The van der Waals surface area contributed by atoms with E-state index in [1.165, 1.54) is 12.1 Å². The average molecular weight is 316 g/mol. The molecule has 3 aromatic rings. The highest BCUT2D eigenvalue weighted by Gasteiger charge is 2.24. The number of anilines is 1. The standard InChI is InChI=1S/C17H14ClNO3/c1-2-9-11(18)7-8-13-14(9)15(19)17(22-13)16(21)10-5-3-4-6-12(10)20/h3-8,20H,2,19H2,1H3. The third kappa shape index (κ3) is 2.12. The summed E-state index contributed by atoms with van der Waals surface area (Å²) in [6, 6.07) is 9.69. The normalized spacial score (nSPS) is 11.0. The zero-order chi connectivity index (χ0) is 15.9. The molecule has 0 radical (unpaired) electrons. The first-order chi connectivity index (χ1) is 10.5. The molecule has 0 saturated heterocycles. The fourth-order valence-electron chi connectivity index (χ4n) is 2.56. The van der Waals surface area contributed by atoms with Crippen LogP contribution in [0, 0.1) is 0 Å². The quantitative estimate of drug-likeness (QED) is 0.711. The number of phenols is 1. The third-order valence-electron chi connectivity index (χ3n) is 3.65. The lowest BCUT2D eigenvalue weighted by Crippen LogP contribution is -2.03. The molecule has 1 aromatic heterocycles. The van der Waals surface area contributed by atoms with Crippen LogP contribution >= 0.6 is 11.6 Å². The van der Waals surface area contributed by atoms with Crippen LogP contribution in [-0.4, -0.2) is 10.9 Å². The summed E-state index contributed by atoms with van der Waals surface area (Å²) >= 11 is 6.18. The molecule has 0 aliphatic rings. The second-order valence-corrected chi connectivity index (χ2v) is 5.35. The molecule has 112 valence electrons. The Kier molecular flexibility index (Phi) is 3.54. The predicted octanol–water partition coefficient (Wildman–Crippen LogP) is 4.17. The summed E-state index contributed by atoms with van der Waals surface area (Å²) in [5.74, 6) is -0.542. The molecule has 0 amide bonds. The lowest BCUT2D eigenvalue weighted by Gasteiger charge is -2.03. The van der Waals surface area contributed by atoms with Gasteiger partial charge in [-0.05, 0) is 36.2 Å². The van der Waals surface area contributed by atoms with Crippen LogP contribution in [0.25, 0.3) is 11.0 Å². The molecule has 0 aliphatic heterocycles. The van der Waals surface area contributed by atoms with Crippen LogP contribution in [0.1, 0.15) is 28.6 Å². The van der Waals surface area contributed by atoms with Crippen molar-refractivity contribution in [1.82, 2.24) is 0 Å². The Balaban J connectivity index is 2.23. The summed E-state index contributed by atoms with van der Waals surface area (Å²) in [4.78, 5) is 12.6. The van der Waals surface area contributed by atoms with Gasteiger partial charge in [0.1, 0.15) is 11.3 Å². The van der Waals surface area contributed by atoms with Crippen LogP contribution in [0.15, 0.2) is 40.8 Å². The minimum absolute atomic E-state index is 0.0217. The first-order valence-corrected chi connectivity index (χ1v) is 7.24. The fraction of sp³-hybridized carbons (Fsp3) is 0.118. The highest BCUT2D eigenvalue weighted by molar-refractivity contribution is 6.32. The van der Waals surface area contributed by atoms with E-state index in [2.05, 4.69) is 0 Å². The Bertz CT molecular complexity index is 883. The average Bonchev–Trinajstić information content (AvgIpc) is 2.85. The van der Waals surface area contributed by atoms with E-state index in [0.29, 0.717) is 22.4 Å². The molecule has 3 N–H and O–H groups in total. The van der Waals surface area contributed by atoms with Crippen molar-refractivity contribution in [3.63, 3.8) is 0 Å². The summed E-state index contributed by atoms with van der Waals surface area (Å²) in [6.45, 7) is 1.96. The molecule has 0 aliphatic carbocycles. The van der Waals surface area contributed by atoms with Crippen molar-refractivity contribution in [3.05, 3.63) is 58.3 Å². The number of rotatable bonds is 3. The Morgan fingerprint density at radius 2 is 2.00 bits per heavy atom. The number of carbonyl (C=O) groups is 1. The molecule has 0 unspecified atom stereocenters. The highest BCUT2D eigenvalue weighted by atomic mass is 35.5. The number of hydrogen-bond donors (Lipinski definition) is 2. The maximum absolute atomic E-state index is 12.6. The van der Waals surface area contributed by atoms with Crippen molar-refractivity contribution in [1.29, 1.82) is 0 Å². The number of fused-ring (bicyclic) bond motifs is 1. The summed E-state index contributed by atoms with van der Waals surface area (Å²) in [5.41, 5.74) is 7.88.